The first-order valence-corrected chi connectivity index (χ1v) is 11.9. The van der Waals surface area contributed by atoms with Gasteiger partial charge in [0, 0.05) is 44.2 Å². The van der Waals surface area contributed by atoms with Crippen molar-refractivity contribution in [3.05, 3.63) is 53.6 Å². The van der Waals surface area contributed by atoms with E-state index in [2.05, 4.69) is 52.5 Å². The van der Waals surface area contributed by atoms with Gasteiger partial charge in [0.1, 0.15) is 0 Å². The van der Waals surface area contributed by atoms with Gasteiger partial charge in [-0.05, 0) is 48.6 Å². The van der Waals surface area contributed by atoms with Gasteiger partial charge in [0.2, 0.25) is 0 Å². The minimum Gasteiger partial charge on any atom is -0.493 e. The fraction of sp³-hybridized carbons (Fsp3) is 0.417. The summed E-state index contributed by atoms with van der Waals surface area (Å²) in [5, 5.41) is 14.8. The van der Waals surface area contributed by atoms with Crippen LogP contribution in [0.5, 0.6) is 11.5 Å². The highest BCUT2D eigenvalue weighted by Crippen LogP contribution is 2.28. The minimum atomic E-state index is -1.82. The number of ether oxygens (including phenoxy) is 2. The zero-order chi connectivity index (χ0) is 24.2. The second-order valence-electron chi connectivity index (χ2n) is 7.43. The maximum Gasteiger partial charge on any atom is 0.414 e. The average Bonchev–Trinajstić information content (AvgIpc) is 2.82. The van der Waals surface area contributed by atoms with E-state index in [1.165, 1.54) is 16.0 Å². The number of carbonyl (C=O) groups is 2. The molecule has 2 aromatic carbocycles. The number of rotatable bonds is 8. The number of carboxylic acid groups (broad SMARTS) is 2. The second kappa shape index (κ2) is 13.7. The number of benzene rings is 2. The molecule has 2 N–H and O–H groups in total. The molecule has 33 heavy (non-hydrogen) atoms. The number of hydrogen-bond donors (Lipinski definition) is 2. The Balaban J connectivity index is 0.000000569. The molecule has 0 radical (unpaired) electrons. The summed E-state index contributed by atoms with van der Waals surface area (Å²) in [6.45, 7) is 9.06. The van der Waals surface area contributed by atoms with Crippen LogP contribution in [0.1, 0.15) is 18.1 Å². The van der Waals surface area contributed by atoms with E-state index in [0.29, 0.717) is 6.61 Å². The lowest BCUT2D eigenvalue weighted by atomic mass is 10.1. The Morgan fingerprint density at radius 2 is 1.39 bits per heavy atom. The summed E-state index contributed by atoms with van der Waals surface area (Å²) in [6.07, 6.45) is 2.12. The number of piperazine rings is 1. The molecule has 1 aliphatic heterocycles. The molecule has 3 rings (SSSR count). The summed E-state index contributed by atoms with van der Waals surface area (Å²) in [7, 11) is 1.69. The topological polar surface area (TPSA) is 99.5 Å². The molecule has 180 valence electrons. The van der Waals surface area contributed by atoms with Crippen LogP contribution >= 0.6 is 11.8 Å². The van der Waals surface area contributed by atoms with Crippen LogP contribution in [-0.4, -0.2) is 78.1 Å². The van der Waals surface area contributed by atoms with Crippen LogP contribution in [0.3, 0.4) is 0 Å². The summed E-state index contributed by atoms with van der Waals surface area (Å²) in [5.41, 5.74) is 2.68. The fourth-order valence-corrected chi connectivity index (χ4v) is 3.85. The molecule has 0 amide bonds. The molecule has 0 aromatic heterocycles. The first kappa shape index (κ1) is 26.5. The highest BCUT2D eigenvalue weighted by molar-refractivity contribution is 7.98. The smallest absolute Gasteiger partial charge is 0.414 e. The van der Waals surface area contributed by atoms with Crippen LogP contribution in [-0.2, 0) is 22.7 Å². The Kier molecular flexibility index (Phi) is 11.0. The molecule has 1 heterocycles. The summed E-state index contributed by atoms with van der Waals surface area (Å²) in [5.74, 6) is -2.01. The lowest BCUT2D eigenvalue weighted by Gasteiger charge is -2.34. The molecule has 0 unspecified atom stereocenters. The van der Waals surface area contributed by atoms with E-state index in [1.54, 1.807) is 18.9 Å². The van der Waals surface area contributed by atoms with Crippen LogP contribution in [0.4, 0.5) is 0 Å². The predicted molar refractivity (Wildman–Crippen MR) is 128 cm³/mol. The predicted octanol–water partition coefficient (Wildman–Crippen LogP) is 3.29. The largest absolute Gasteiger partial charge is 0.493 e. The zero-order valence-electron chi connectivity index (χ0n) is 19.3. The van der Waals surface area contributed by atoms with Crippen molar-refractivity contribution in [1.29, 1.82) is 0 Å². The Morgan fingerprint density at radius 3 is 1.85 bits per heavy atom. The van der Waals surface area contributed by atoms with E-state index in [1.807, 2.05) is 13.0 Å². The Morgan fingerprint density at radius 1 is 0.879 bits per heavy atom. The molecule has 9 heteroatoms. The third-order valence-electron chi connectivity index (χ3n) is 5.15. The van der Waals surface area contributed by atoms with Crippen molar-refractivity contribution in [3.8, 4) is 11.5 Å². The molecule has 1 saturated heterocycles. The second-order valence-corrected chi connectivity index (χ2v) is 8.31. The van der Waals surface area contributed by atoms with Crippen molar-refractivity contribution in [1.82, 2.24) is 9.80 Å². The van der Waals surface area contributed by atoms with Crippen LogP contribution < -0.4 is 9.47 Å². The van der Waals surface area contributed by atoms with Crippen molar-refractivity contribution < 1.29 is 29.3 Å². The SMILES string of the molecule is CCOc1cc(CN2CCN(Cc3ccc(SC)cc3)CC2)ccc1OC.O=C(O)C(=O)O. The van der Waals surface area contributed by atoms with Gasteiger partial charge >= 0.3 is 11.9 Å². The highest BCUT2D eigenvalue weighted by atomic mass is 32.2. The van der Waals surface area contributed by atoms with Gasteiger partial charge in [-0.1, -0.05) is 18.2 Å². The molecule has 1 aliphatic rings. The third kappa shape index (κ3) is 8.95. The standard InChI is InChI=1S/C22H30N2O2S.C2H2O4/c1-4-26-22-15-19(7-10-21(22)25-2)17-24-13-11-23(12-14-24)16-18-5-8-20(27-3)9-6-18;3-1(4)2(5)6/h5-10,15H,4,11-14,16-17H2,1-3H3;(H,3,4)(H,5,6). The lowest BCUT2D eigenvalue weighted by Crippen LogP contribution is -2.45. The number of carboxylic acids is 2. The number of methoxy groups -OCH3 is 1. The molecule has 0 aliphatic carbocycles. The van der Waals surface area contributed by atoms with Crippen molar-refractivity contribution in [2.45, 2.75) is 24.9 Å². The normalized spacial score (nSPS) is 14.2. The van der Waals surface area contributed by atoms with Crippen LogP contribution in [0.25, 0.3) is 0 Å². The lowest BCUT2D eigenvalue weighted by molar-refractivity contribution is -0.159. The average molecular weight is 477 g/mol. The molecule has 0 atom stereocenters. The molecule has 8 nitrogen and oxygen atoms in total. The van der Waals surface area contributed by atoms with Crippen molar-refractivity contribution in [3.63, 3.8) is 0 Å². The van der Waals surface area contributed by atoms with Gasteiger partial charge in [-0.25, -0.2) is 9.59 Å². The monoisotopic (exact) mass is 476 g/mol. The van der Waals surface area contributed by atoms with Crippen molar-refractivity contribution >= 4 is 23.7 Å². The number of nitrogens with zero attached hydrogens (tertiary/aromatic N) is 2. The molecular weight excluding hydrogens is 444 g/mol. The van der Waals surface area contributed by atoms with Gasteiger partial charge in [-0.3, -0.25) is 9.80 Å². The van der Waals surface area contributed by atoms with Gasteiger partial charge in [-0.2, -0.15) is 0 Å². The van der Waals surface area contributed by atoms with E-state index in [9.17, 15) is 0 Å². The van der Waals surface area contributed by atoms with E-state index >= 15 is 0 Å². The van der Waals surface area contributed by atoms with E-state index < -0.39 is 11.9 Å². The molecule has 0 spiro atoms. The third-order valence-corrected chi connectivity index (χ3v) is 5.89. The van der Waals surface area contributed by atoms with Gasteiger partial charge < -0.3 is 19.7 Å². The van der Waals surface area contributed by atoms with Gasteiger partial charge in [0.05, 0.1) is 13.7 Å². The van der Waals surface area contributed by atoms with Crippen LogP contribution in [0.2, 0.25) is 0 Å². The Labute approximate surface area is 199 Å². The van der Waals surface area contributed by atoms with E-state index in [-0.39, 0.29) is 0 Å². The fourth-order valence-electron chi connectivity index (χ4n) is 3.44. The van der Waals surface area contributed by atoms with Gasteiger partial charge in [0.25, 0.3) is 0 Å². The summed E-state index contributed by atoms with van der Waals surface area (Å²) in [4.78, 5) is 24.6. The zero-order valence-corrected chi connectivity index (χ0v) is 20.1. The summed E-state index contributed by atoms with van der Waals surface area (Å²) < 4.78 is 11.1. The molecule has 0 bridgehead atoms. The van der Waals surface area contributed by atoms with Gasteiger partial charge in [-0.15, -0.1) is 11.8 Å². The number of hydrogen-bond acceptors (Lipinski definition) is 7. The van der Waals surface area contributed by atoms with Crippen LogP contribution in [0.15, 0.2) is 47.4 Å². The maximum absolute atomic E-state index is 9.10. The van der Waals surface area contributed by atoms with Gasteiger partial charge in [0.15, 0.2) is 11.5 Å². The Hall–Kier alpha value is -2.75. The molecule has 2 aromatic rings. The number of aliphatic carboxylic acids is 2. The Bertz CT molecular complexity index is 886. The van der Waals surface area contributed by atoms with E-state index in [4.69, 9.17) is 29.3 Å². The highest BCUT2D eigenvalue weighted by Gasteiger charge is 2.18. The maximum atomic E-state index is 9.10. The number of thioether (sulfide) groups is 1. The van der Waals surface area contributed by atoms with Crippen molar-refractivity contribution in [2.75, 3.05) is 46.2 Å². The summed E-state index contributed by atoms with van der Waals surface area (Å²) in [6, 6.07) is 15.2. The van der Waals surface area contributed by atoms with Crippen LogP contribution in [0, 0.1) is 0 Å². The quantitative estimate of drug-likeness (QED) is 0.439. The minimum absolute atomic E-state index is 0.649. The molecule has 1 fully saturated rings. The first-order chi connectivity index (χ1) is 15.9. The first-order valence-electron chi connectivity index (χ1n) is 10.7. The molecule has 0 saturated carbocycles. The molecular formula is C24H32N2O6S. The summed E-state index contributed by atoms with van der Waals surface area (Å²) >= 11 is 1.79. The van der Waals surface area contributed by atoms with E-state index in [0.717, 1.165) is 50.8 Å². The van der Waals surface area contributed by atoms with Crippen molar-refractivity contribution in [2.24, 2.45) is 0 Å².